The summed E-state index contributed by atoms with van der Waals surface area (Å²) >= 11 is 0. The molecule has 1 aromatic rings. The maximum atomic E-state index is 11.1. The number of carboxylic acids is 1. The quantitative estimate of drug-likeness (QED) is 0.811. The number of nitrogens with zero attached hydrogens (tertiary/aromatic N) is 2. The molecule has 0 aromatic carbocycles. The zero-order valence-corrected chi connectivity index (χ0v) is 8.73. The van der Waals surface area contributed by atoms with Gasteiger partial charge in [-0.25, -0.2) is 9.97 Å². The fourth-order valence-corrected chi connectivity index (χ4v) is 1.68. The average Bonchev–Trinajstić information content (AvgIpc) is 2.99. The Morgan fingerprint density at radius 2 is 2.33 bits per heavy atom. The Morgan fingerprint density at radius 3 is 2.87 bits per heavy atom. The lowest BCUT2D eigenvalue weighted by Gasteiger charge is -2.08. The molecule has 4 heteroatoms. The molecule has 15 heavy (non-hydrogen) atoms. The lowest BCUT2D eigenvalue weighted by molar-refractivity contribution is -0.140. The second-order valence-corrected chi connectivity index (χ2v) is 4.01. The highest BCUT2D eigenvalue weighted by Crippen LogP contribution is 2.46. The van der Waals surface area contributed by atoms with Crippen molar-refractivity contribution in [3.05, 3.63) is 23.8 Å². The van der Waals surface area contributed by atoms with Gasteiger partial charge >= 0.3 is 5.97 Å². The van der Waals surface area contributed by atoms with E-state index in [0.717, 1.165) is 18.5 Å². The van der Waals surface area contributed by atoms with Crippen LogP contribution >= 0.6 is 0 Å². The topological polar surface area (TPSA) is 63.1 Å². The molecule has 0 aliphatic heterocycles. The van der Waals surface area contributed by atoms with E-state index in [1.165, 1.54) is 0 Å². The summed E-state index contributed by atoms with van der Waals surface area (Å²) in [5, 5.41) is 9.10. The van der Waals surface area contributed by atoms with Crippen molar-refractivity contribution in [2.45, 2.75) is 38.0 Å². The maximum absolute atomic E-state index is 11.1. The van der Waals surface area contributed by atoms with E-state index < -0.39 is 11.4 Å². The van der Waals surface area contributed by atoms with Crippen LogP contribution in [0.4, 0.5) is 0 Å². The molecule has 1 aromatic heterocycles. The number of carboxylic acid groups (broad SMARTS) is 1. The van der Waals surface area contributed by atoms with E-state index in [-0.39, 0.29) is 0 Å². The fraction of sp³-hybridized carbons (Fsp3) is 0.545. The van der Waals surface area contributed by atoms with Crippen molar-refractivity contribution in [3.63, 3.8) is 0 Å². The van der Waals surface area contributed by atoms with Gasteiger partial charge in [0.15, 0.2) is 0 Å². The summed E-state index contributed by atoms with van der Waals surface area (Å²) < 4.78 is 0. The second-order valence-electron chi connectivity index (χ2n) is 4.01. The Hall–Kier alpha value is -1.45. The zero-order valence-electron chi connectivity index (χ0n) is 8.73. The minimum absolute atomic E-state index is 0.487. The number of aliphatic carboxylic acids is 1. The molecule has 0 bridgehead atoms. The van der Waals surface area contributed by atoms with Crippen LogP contribution in [0.25, 0.3) is 0 Å². The van der Waals surface area contributed by atoms with Gasteiger partial charge in [0.05, 0.1) is 0 Å². The second kappa shape index (κ2) is 3.61. The van der Waals surface area contributed by atoms with Gasteiger partial charge in [0.25, 0.3) is 0 Å². The van der Waals surface area contributed by atoms with Crippen LogP contribution in [0.1, 0.15) is 37.7 Å². The average molecular weight is 206 g/mol. The van der Waals surface area contributed by atoms with Crippen LogP contribution in [0.5, 0.6) is 0 Å². The summed E-state index contributed by atoms with van der Waals surface area (Å²) in [6.45, 7) is 2.08. The third-order valence-corrected chi connectivity index (χ3v) is 2.81. The van der Waals surface area contributed by atoms with Crippen molar-refractivity contribution < 1.29 is 9.90 Å². The van der Waals surface area contributed by atoms with Crippen molar-refractivity contribution in [1.29, 1.82) is 0 Å². The van der Waals surface area contributed by atoms with E-state index in [4.69, 9.17) is 5.11 Å². The lowest BCUT2D eigenvalue weighted by atomic mass is 10.1. The highest BCUT2D eigenvalue weighted by Gasteiger charge is 2.54. The Balaban J connectivity index is 2.29. The fourth-order valence-electron chi connectivity index (χ4n) is 1.68. The van der Waals surface area contributed by atoms with Crippen LogP contribution in [0.3, 0.4) is 0 Å². The van der Waals surface area contributed by atoms with E-state index in [1.807, 2.05) is 6.07 Å². The van der Waals surface area contributed by atoms with Gasteiger partial charge in [-0.1, -0.05) is 13.3 Å². The first-order valence-electron chi connectivity index (χ1n) is 5.25. The van der Waals surface area contributed by atoms with Gasteiger partial charge in [-0.3, -0.25) is 4.79 Å². The summed E-state index contributed by atoms with van der Waals surface area (Å²) in [6, 6.07) is 1.85. The molecular weight excluding hydrogens is 192 g/mol. The highest BCUT2D eigenvalue weighted by atomic mass is 16.4. The van der Waals surface area contributed by atoms with Gasteiger partial charge < -0.3 is 5.11 Å². The zero-order chi connectivity index (χ0) is 10.9. The van der Waals surface area contributed by atoms with Gasteiger partial charge in [0.1, 0.15) is 11.2 Å². The number of hydrogen-bond donors (Lipinski definition) is 1. The molecule has 2 rings (SSSR count). The molecule has 0 atom stereocenters. The first-order valence-corrected chi connectivity index (χ1v) is 5.25. The standard InChI is InChI=1S/C11H14N2O2/c1-2-3-8-4-7-12-9(13-8)11(5-6-11)10(14)15/h4,7H,2-3,5-6H2,1H3,(H,14,15). The molecule has 1 aliphatic carbocycles. The van der Waals surface area contributed by atoms with E-state index in [2.05, 4.69) is 16.9 Å². The molecule has 0 spiro atoms. The largest absolute Gasteiger partial charge is 0.480 e. The van der Waals surface area contributed by atoms with Crippen LogP contribution in [-0.4, -0.2) is 21.0 Å². The molecule has 1 fully saturated rings. The highest BCUT2D eigenvalue weighted by molar-refractivity contribution is 5.83. The Kier molecular flexibility index (Phi) is 2.42. The molecule has 0 amide bonds. The number of carbonyl (C=O) groups is 1. The van der Waals surface area contributed by atoms with Crippen LogP contribution in [0.15, 0.2) is 12.3 Å². The molecule has 0 saturated heterocycles. The van der Waals surface area contributed by atoms with Crippen molar-refractivity contribution in [2.24, 2.45) is 0 Å². The molecule has 0 radical (unpaired) electrons. The van der Waals surface area contributed by atoms with Crippen molar-refractivity contribution in [2.75, 3.05) is 0 Å². The number of hydrogen-bond acceptors (Lipinski definition) is 3. The molecule has 1 heterocycles. The normalized spacial score (nSPS) is 17.4. The first kappa shape index (κ1) is 10.1. The summed E-state index contributed by atoms with van der Waals surface area (Å²) in [4.78, 5) is 19.5. The lowest BCUT2D eigenvalue weighted by Crippen LogP contribution is -2.22. The Bertz CT molecular complexity index is 386. The third kappa shape index (κ3) is 1.71. The van der Waals surface area contributed by atoms with Gasteiger partial charge in [0, 0.05) is 11.9 Å². The maximum Gasteiger partial charge on any atom is 0.317 e. The number of aromatic nitrogens is 2. The van der Waals surface area contributed by atoms with Crippen LogP contribution in [-0.2, 0) is 16.6 Å². The first-order chi connectivity index (χ1) is 7.19. The van der Waals surface area contributed by atoms with Gasteiger partial charge in [0.2, 0.25) is 0 Å². The molecule has 4 nitrogen and oxygen atoms in total. The molecule has 1 aliphatic rings. The summed E-state index contributed by atoms with van der Waals surface area (Å²) in [5.74, 6) is -0.308. The van der Waals surface area contributed by atoms with Gasteiger partial charge in [-0.2, -0.15) is 0 Å². The molecule has 0 unspecified atom stereocenters. The minimum atomic E-state index is -0.795. The van der Waals surface area contributed by atoms with E-state index in [0.29, 0.717) is 18.7 Å². The smallest absolute Gasteiger partial charge is 0.317 e. The number of aryl methyl sites for hydroxylation is 1. The van der Waals surface area contributed by atoms with Crippen molar-refractivity contribution in [3.8, 4) is 0 Å². The predicted octanol–water partition coefficient (Wildman–Crippen LogP) is 1.55. The molecule has 80 valence electrons. The van der Waals surface area contributed by atoms with Gasteiger partial charge in [-0.05, 0) is 25.3 Å². The predicted molar refractivity (Wildman–Crippen MR) is 54.6 cm³/mol. The number of rotatable bonds is 4. The molecule has 1 saturated carbocycles. The Labute approximate surface area is 88.4 Å². The molecular formula is C11H14N2O2. The van der Waals surface area contributed by atoms with E-state index in [1.54, 1.807) is 6.20 Å². The summed E-state index contributed by atoms with van der Waals surface area (Å²) in [6.07, 6.45) is 4.88. The van der Waals surface area contributed by atoms with Crippen molar-refractivity contribution in [1.82, 2.24) is 9.97 Å². The van der Waals surface area contributed by atoms with Crippen LogP contribution in [0, 0.1) is 0 Å². The Morgan fingerprint density at radius 1 is 1.60 bits per heavy atom. The van der Waals surface area contributed by atoms with Crippen LogP contribution in [0.2, 0.25) is 0 Å². The summed E-state index contributed by atoms with van der Waals surface area (Å²) in [5.41, 5.74) is 0.166. The van der Waals surface area contributed by atoms with Crippen molar-refractivity contribution >= 4 is 5.97 Å². The summed E-state index contributed by atoms with van der Waals surface area (Å²) in [7, 11) is 0. The minimum Gasteiger partial charge on any atom is -0.480 e. The SMILES string of the molecule is CCCc1ccnc(C2(C(=O)O)CC2)n1. The molecule has 1 N–H and O–H groups in total. The van der Waals surface area contributed by atoms with E-state index >= 15 is 0 Å². The monoisotopic (exact) mass is 206 g/mol. The van der Waals surface area contributed by atoms with Gasteiger partial charge in [-0.15, -0.1) is 0 Å². The van der Waals surface area contributed by atoms with Crippen LogP contribution < -0.4 is 0 Å². The van der Waals surface area contributed by atoms with E-state index in [9.17, 15) is 4.79 Å². The third-order valence-electron chi connectivity index (χ3n) is 2.81.